The molecule has 6 nitrogen and oxygen atoms in total. The van der Waals surface area contributed by atoms with Crippen molar-refractivity contribution < 1.29 is 9.53 Å². The van der Waals surface area contributed by atoms with Crippen LogP contribution in [0.15, 0.2) is 48.4 Å². The number of carbonyl (C=O) groups excluding carboxylic acids is 1. The molecular formula is C18H18N4O2S. The Balaban J connectivity index is 2.03. The molecule has 0 spiro atoms. The quantitative estimate of drug-likeness (QED) is 0.762. The number of amides is 1. The van der Waals surface area contributed by atoms with Gasteiger partial charge in [-0.1, -0.05) is 12.1 Å². The van der Waals surface area contributed by atoms with E-state index < -0.39 is 5.54 Å². The van der Waals surface area contributed by atoms with E-state index in [0.29, 0.717) is 0 Å². The molecule has 0 saturated carbocycles. The fraction of sp³-hybridized carbons (Fsp3) is 0.222. The van der Waals surface area contributed by atoms with E-state index in [0.717, 1.165) is 27.6 Å². The van der Waals surface area contributed by atoms with Crippen molar-refractivity contribution in [2.24, 2.45) is 0 Å². The standard InChI is InChI=1S/C18H18N4O2S/c1-12(23)22-18(2,14-4-6-15(24-3)7-5-14)17-21-16(10-25-17)13-8-19-11-20-9-13/h4-11H,1-3H3,(H,22,23). The van der Waals surface area contributed by atoms with Crippen LogP contribution in [0.5, 0.6) is 5.75 Å². The predicted octanol–water partition coefficient (Wildman–Crippen LogP) is 3.01. The summed E-state index contributed by atoms with van der Waals surface area (Å²) in [6.45, 7) is 3.45. The first kappa shape index (κ1) is 17.0. The van der Waals surface area contributed by atoms with Crippen LogP contribution in [-0.4, -0.2) is 28.0 Å². The first-order valence-electron chi connectivity index (χ1n) is 7.67. The molecule has 3 aromatic rings. The van der Waals surface area contributed by atoms with Gasteiger partial charge in [-0.3, -0.25) is 4.79 Å². The Morgan fingerprint density at radius 1 is 1.20 bits per heavy atom. The lowest BCUT2D eigenvalue weighted by Crippen LogP contribution is -2.43. The molecule has 0 bridgehead atoms. The molecule has 25 heavy (non-hydrogen) atoms. The largest absolute Gasteiger partial charge is 0.497 e. The molecular weight excluding hydrogens is 336 g/mol. The second-order valence-electron chi connectivity index (χ2n) is 5.70. The Morgan fingerprint density at radius 2 is 1.88 bits per heavy atom. The highest BCUT2D eigenvalue weighted by molar-refractivity contribution is 7.10. The number of rotatable bonds is 5. The van der Waals surface area contributed by atoms with Gasteiger partial charge in [0.1, 0.15) is 22.6 Å². The molecule has 1 unspecified atom stereocenters. The molecule has 128 valence electrons. The van der Waals surface area contributed by atoms with Crippen molar-refractivity contribution in [2.45, 2.75) is 19.4 Å². The smallest absolute Gasteiger partial charge is 0.217 e. The summed E-state index contributed by atoms with van der Waals surface area (Å²) in [7, 11) is 1.62. The normalized spacial score (nSPS) is 13.1. The molecule has 3 rings (SSSR count). The van der Waals surface area contributed by atoms with E-state index in [1.54, 1.807) is 19.5 Å². The average molecular weight is 354 g/mol. The lowest BCUT2D eigenvalue weighted by molar-refractivity contribution is -0.120. The van der Waals surface area contributed by atoms with E-state index in [9.17, 15) is 4.79 Å². The van der Waals surface area contributed by atoms with Crippen LogP contribution < -0.4 is 10.1 Å². The second kappa shape index (κ2) is 6.98. The number of methoxy groups -OCH3 is 1. The van der Waals surface area contributed by atoms with Gasteiger partial charge in [0.2, 0.25) is 5.91 Å². The van der Waals surface area contributed by atoms with Crippen LogP contribution in [0.1, 0.15) is 24.4 Å². The topological polar surface area (TPSA) is 77.0 Å². The number of aromatic nitrogens is 3. The number of benzene rings is 1. The third kappa shape index (κ3) is 3.51. The number of ether oxygens (including phenoxy) is 1. The van der Waals surface area contributed by atoms with Gasteiger partial charge in [-0.15, -0.1) is 11.3 Å². The van der Waals surface area contributed by atoms with E-state index in [2.05, 4.69) is 15.3 Å². The molecule has 0 fully saturated rings. The van der Waals surface area contributed by atoms with Crippen molar-refractivity contribution in [2.75, 3.05) is 7.11 Å². The van der Waals surface area contributed by atoms with Crippen molar-refractivity contribution in [3.8, 4) is 17.0 Å². The Hall–Kier alpha value is -2.80. The molecule has 1 aromatic carbocycles. The Labute approximate surface area is 149 Å². The number of hydrogen-bond donors (Lipinski definition) is 1. The lowest BCUT2D eigenvalue weighted by atomic mass is 9.92. The maximum atomic E-state index is 11.8. The highest BCUT2D eigenvalue weighted by Crippen LogP contribution is 2.34. The molecule has 1 atom stereocenters. The van der Waals surface area contributed by atoms with Crippen molar-refractivity contribution in [3.63, 3.8) is 0 Å². The van der Waals surface area contributed by atoms with Gasteiger partial charge in [0, 0.05) is 30.3 Å². The van der Waals surface area contributed by atoms with Crippen LogP contribution >= 0.6 is 11.3 Å². The summed E-state index contributed by atoms with van der Waals surface area (Å²) in [5.41, 5.74) is 1.81. The molecule has 2 aromatic heterocycles. The highest BCUT2D eigenvalue weighted by Gasteiger charge is 2.33. The minimum Gasteiger partial charge on any atom is -0.497 e. The molecule has 0 aliphatic carbocycles. The van der Waals surface area contributed by atoms with Crippen molar-refractivity contribution in [1.29, 1.82) is 0 Å². The Morgan fingerprint density at radius 3 is 2.48 bits per heavy atom. The van der Waals surface area contributed by atoms with Gasteiger partial charge in [-0.25, -0.2) is 15.0 Å². The monoisotopic (exact) mass is 354 g/mol. The zero-order valence-electron chi connectivity index (χ0n) is 14.2. The van der Waals surface area contributed by atoms with Crippen LogP contribution in [0.4, 0.5) is 0 Å². The number of nitrogens with one attached hydrogen (secondary N) is 1. The van der Waals surface area contributed by atoms with Gasteiger partial charge in [0.25, 0.3) is 0 Å². The highest BCUT2D eigenvalue weighted by atomic mass is 32.1. The molecule has 1 amide bonds. The van der Waals surface area contributed by atoms with E-state index in [1.165, 1.54) is 24.6 Å². The van der Waals surface area contributed by atoms with Crippen LogP contribution in [0, 0.1) is 0 Å². The summed E-state index contributed by atoms with van der Waals surface area (Å²) in [4.78, 5) is 24.6. The molecule has 7 heteroatoms. The van der Waals surface area contributed by atoms with Crippen molar-refractivity contribution >= 4 is 17.2 Å². The first-order chi connectivity index (χ1) is 12.0. The zero-order valence-corrected chi connectivity index (χ0v) is 15.0. The molecule has 2 heterocycles. The van der Waals surface area contributed by atoms with Gasteiger partial charge < -0.3 is 10.1 Å². The van der Waals surface area contributed by atoms with Crippen LogP contribution in [0.25, 0.3) is 11.3 Å². The molecule has 1 N–H and O–H groups in total. The van der Waals surface area contributed by atoms with E-state index in [-0.39, 0.29) is 5.91 Å². The number of hydrogen-bond acceptors (Lipinski definition) is 6. The van der Waals surface area contributed by atoms with Gasteiger partial charge in [-0.2, -0.15) is 0 Å². The summed E-state index contributed by atoms with van der Waals surface area (Å²) in [6.07, 6.45) is 4.92. The number of carbonyl (C=O) groups is 1. The molecule has 0 aliphatic rings. The molecule has 0 saturated heterocycles. The van der Waals surface area contributed by atoms with Gasteiger partial charge >= 0.3 is 0 Å². The molecule has 0 aliphatic heterocycles. The average Bonchev–Trinajstić information content (AvgIpc) is 3.13. The fourth-order valence-corrected chi connectivity index (χ4v) is 3.56. The number of nitrogens with zero attached hydrogens (tertiary/aromatic N) is 3. The van der Waals surface area contributed by atoms with Crippen molar-refractivity contribution in [3.05, 3.63) is 58.9 Å². The third-order valence-electron chi connectivity index (χ3n) is 3.88. The minimum atomic E-state index is -0.739. The lowest BCUT2D eigenvalue weighted by Gasteiger charge is -2.29. The minimum absolute atomic E-state index is 0.127. The number of thiazole rings is 1. The summed E-state index contributed by atoms with van der Waals surface area (Å²) < 4.78 is 5.22. The molecule has 0 radical (unpaired) electrons. The summed E-state index contributed by atoms with van der Waals surface area (Å²) >= 11 is 1.49. The van der Waals surface area contributed by atoms with Crippen LogP contribution in [0.3, 0.4) is 0 Å². The predicted molar refractivity (Wildman–Crippen MR) is 96.4 cm³/mol. The zero-order chi connectivity index (χ0) is 17.9. The van der Waals surface area contributed by atoms with E-state index >= 15 is 0 Å². The van der Waals surface area contributed by atoms with Gasteiger partial charge in [0.05, 0.1) is 12.8 Å². The summed E-state index contributed by atoms with van der Waals surface area (Å²) in [6, 6.07) is 7.60. The van der Waals surface area contributed by atoms with Crippen molar-refractivity contribution in [1.82, 2.24) is 20.3 Å². The van der Waals surface area contributed by atoms with Crippen LogP contribution in [0.2, 0.25) is 0 Å². The van der Waals surface area contributed by atoms with Crippen LogP contribution in [-0.2, 0) is 10.3 Å². The maximum absolute atomic E-state index is 11.8. The second-order valence-corrected chi connectivity index (χ2v) is 6.56. The maximum Gasteiger partial charge on any atom is 0.217 e. The van der Waals surface area contributed by atoms with E-state index in [4.69, 9.17) is 9.72 Å². The fourth-order valence-electron chi connectivity index (χ4n) is 2.59. The SMILES string of the molecule is COc1ccc(C(C)(NC(C)=O)c2nc(-c3cncnc3)cs2)cc1. The first-order valence-corrected chi connectivity index (χ1v) is 8.55. The Kier molecular flexibility index (Phi) is 4.76. The van der Waals surface area contributed by atoms with Gasteiger partial charge in [0.15, 0.2) is 0 Å². The van der Waals surface area contributed by atoms with Gasteiger partial charge in [-0.05, 0) is 24.6 Å². The third-order valence-corrected chi connectivity index (χ3v) is 4.95. The Bertz CT molecular complexity index is 864. The summed E-state index contributed by atoms with van der Waals surface area (Å²) in [5.74, 6) is 0.633. The van der Waals surface area contributed by atoms with E-state index in [1.807, 2.05) is 36.6 Å². The summed E-state index contributed by atoms with van der Waals surface area (Å²) in [5, 5.41) is 5.75.